The molecule has 78 valence electrons. The molecule has 3 nitrogen and oxygen atoms in total. The highest BCUT2D eigenvalue weighted by atomic mass is 127. The fourth-order valence-corrected chi connectivity index (χ4v) is 1.12. The summed E-state index contributed by atoms with van der Waals surface area (Å²) in [6, 6.07) is 1.16. The summed E-state index contributed by atoms with van der Waals surface area (Å²) >= 11 is 1.75. The van der Waals surface area contributed by atoms with E-state index >= 15 is 0 Å². The zero-order valence-corrected chi connectivity index (χ0v) is 9.05. The molecule has 0 saturated heterocycles. The SMILES string of the molecule is Cc1cc(O)c(OC(F)(F)F)nc1I. The largest absolute Gasteiger partial charge is 0.574 e. The van der Waals surface area contributed by atoms with Crippen LogP contribution in [0.4, 0.5) is 13.2 Å². The third-order valence-electron chi connectivity index (χ3n) is 1.31. The van der Waals surface area contributed by atoms with Crippen molar-refractivity contribution < 1.29 is 23.0 Å². The number of aromatic hydroxyl groups is 1. The van der Waals surface area contributed by atoms with E-state index in [1.165, 1.54) is 0 Å². The zero-order chi connectivity index (χ0) is 10.9. The second kappa shape index (κ2) is 3.79. The lowest BCUT2D eigenvalue weighted by Gasteiger charge is -2.10. The summed E-state index contributed by atoms with van der Waals surface area (Å²) in [4.78, 5) is 3.45. The average Bonchev–Trinajstić information content (AvgIpc) is 1.97. The Morgan fingerprint density at radius 2 is 2.07 bits per heavy atom. The van der Waals surface area contributed by atoms with Crippen molar-refractivity contribution in [1.29, 1.82) is 0 Å². The van der Waals surface area contributed by atoms with Gasteiger partial charge in [-0.05, 0) is 41.1 Å². The van der Waals surface area contributed by atoms with Gasteiger partial charge in [-0.3, -0.25) is 0 Å². The van der Waals surface area contributed by atoms with E-state index in [-0.39, 0.29) is 0 Å². The first kappa shape index (κ1) is 11.3. The summed E-state index contributed by atoms with van der Waals surface area (Å²) in [7, 11) is 0. The van der Waals surface area contributed by atoms with E-state index in [1.807, 2.05) is 0 Å². The number of ether oxygens (including phenoxy) is 1. The number of halogens is 4. The van der Waals surface area contributed by atoms with Crippen LogP contribution in [0.1, 0.15) is 5.56 Å². The number of rotatable bonds is 1. The van der Waals surface area contributed by atoms with E-state index in [0.717, 1.165) is 6.07 Å². The Hall–Kier alpha value is -0.730. The molecule has 1 heterocycles. The molecular formula is C7H5F3INO2. The van der Waals surface area contributed by atoms with Crippen LogP contribution < -0.4 is 4.74 Å². The lowest BCUT2D eigenvalue weighted by molar-refractivity contribution is -0.276. The Kier molecular flexibility index (Phi) is 3.07. The maximum atomic E-state index is 11.8. The van der Waals surface area contributed by atoms with Crippen molar-refractivity contribution in [2.75, 3.05) is 0 Å². The lowest BCUT2D eigenvalue weighted by atomic mass is 10.3. The van der Waals surface area contributed by atoms with E-state index in [4.69, 9.17) is 5.11 Å². The highest BCUT2D eigenvalue weighted by Crippen LogP contribution is 2.31. The third kappa shape index (κ3) is 2.89. The molecule has 1 aromatic heterocycles. The summed E-state index contributed by atoms with van der Waals surface area (Å²) in [6.45, 7) is 1.62. The molecule has 14 heavy (non-hydrogen) atoms. The van der Waals surface area contributed by atoms with Crippen LogP contribution >= 0.6 is 22.6 Å². The van der Waals surface area contributed by atoms with Crippen molar-refractivity contribution in [1.82, 2.24) is 4.98 Å². The second-order valence-corrected chi connectivity index (χ2v) is 3.49. The number of aromatic nitrogens is 1. The van der Waals surface area contributed by atoms with E-state index in [2.05, 4.69) is 9.72 Å². The van der Waals surface area contributed by atoms with Crippen LogP contribution in [0.3, 0.4) is 0 Å². The number of nitrogens with zero attached hydrogens (tertiary/aromatic N) is 1. The maximum Gasteiger partial charge on any atom is 0.574 e. The van der Waals surface area contributed by atoms with Gasteiger partial charge in [-0.15, -0.1) is 13.2 Å². The number of pyridine rings is 1. The molecule has 1 aromatic rings. The Bertz CT molecular complexity index is 354. The monoisotopic (exact) mass is 319 g/mol. The molecular weight excluding hydrogens is 314 g/mol. The third-order valence-corrected chi connectivity index (χ3v) is 2.40. The van der Waals surface area contributed by atoms with Gasteiger partial charge < -0.3 is 9.84 Å². The minimum absolute atomic E-state index is 0.347. The van der Waals surface area contributed by atoms with Crippen LogP contribution in [0.15, 0.2) is 6.07 Å². The van der Waals surface area contributed by atoms with Gasteiger partial charge in [0.2, 0.25) is 0 Å². The fraction of sp³-hybridized carbons (Fsp3) is 0.286. The van der Waals surface area contributed by atoms with Crippen molar-refractivity contribution in [3.05, 3.63) is 15.3 Å². The number of hydrogen-bond acceptors (Lipinski definition) is 3. The Balaban J connectivity index is 3.04. The smallest absolute Gasteiger partial charge is 0.503 e. The van der Waals surface area contributed by atoms with Gasteiger partial charge in [-0.1, -0.05) is 0 Å². The normalized spacial score (nSPS) is 11.5. The molecule has 1 N–H and O–H groups in total. The van der Waals surface area contributed by atoms with Crippen molar-refractivity contribution in [3.8, 4) is 11.6 Å². The molecule has 0 aromatic carbocycles. The average molecular weight is 319 g/mol. The van der Waals surface area contributed by atoms with Crippen LogP contribution in [0.2, 0.25) is 0 Å². The van der Waals surface area contributed by atoms with Gasteiger partial charge in [0, 0.05) is 0 Å². The van der Waals surface area contributed by atoms with E-state index < -0.39 is 18.0 Å². The molecule has 0 aliphatic carbocycles. The van der Waals surface area contributed by atoms with Crippen molar-refractivity contribution in [2.45, 2.75) is 13.3 Å². The van der Waals surface area contributed by atoms with Gasteiger partial charge in [0.25, 0.3) is 5.88 Å². The summed E-state index contributed by atoms with van der Waals surface area (Å²) in [6.07, 6.45) is -4.84. The summed E-state index contributed by atoms with van der Waals surface area (Å²) < 4.78 is 39.2. The number of alkyl halides is 3. The van der Waals surface area contributed by atoms with Crippen LogP contribution in [0, 0.1) is 10.6 Å². The first-order valence-corrected chi connectivity index (χ1v) is 4.49. The van der Waals surface area contributed by atoms with E-state index in [9.17, 15) is 13.2 Å². The predicted molar refractivity (Wildman–Crippen MR) is 50.0 cm³/mol. The first-order valence-electron chi connectivity index (χ1n) is 3.41. The van der Waals surface area contributed by atoms with E-state index in [0.29, 0.717) is 9.26 Å². The molecule has 0 aliphatic rings. The van der Waals surface area contributed by atoms with Crippen LogP contribution in [-0.2, 0) is 0 Å². The first-order chi connectivity index (χ1) is 6.29. The van der Waals surface area contributed by atoms with E-state index in [1.54, 1.807) is 29.5 Å². The molecule has 0 fully saturated rings. The summed E-state index contributed by atoms with van der Waals surface area (Å²) in [5.74, 6) is -1.45. The van der Waals surface area contributed by atoms with Gasteiger partial charge in [-0.2, -0.15) is 0 Å². The Labute approximate surface area is 91.0 Å². The Morgan fingerprint density at radius 3 is 2.57 bits per heavy atom. The molecule has 0 amide bonds. The molecule has 0 spiro atoms. The topological polar surface area (TPSA) is 42.4 Å². The number of aryl methyl sites for hydroxylation is 1. The lowest BCUT2D eigenvalue weighted by Crippen LogP contribution is -2.18. The van der Waals surface area contributed by atoms with Crippen LogP contribution in [-0.4, -0.2) is 16.5 Å². The molecule has 0 aliphatic heterocycles. The van der Waals surface area contributed by atoms with Crippen molar-refractivity contribution >= 4 is 22.6 Å². The molecule has 7 heteroatoms. The zero-order valence-electron chi connectivity index (χ0n) is 6.89. The molecule has 0 atom stereocenters. The quantitative estimate of drug-likeness (QED) is 0.639. The van der Waals surface area contributed by atoms with Gasteiger partial charge in [0.1, 0.15) is 3.70 Å². The van der Waals surface area contributed by atoms with Gasteiger partial charge in [0.05, 0.1) is 0 Å². The summed E-state index contributed by atoms with van der Waals surface area (Å²) in [5.41, 5.74) is 0.581. The van der Waals surface area contributed by atoms with Crippen LogP contribution in [0.5, 0.6) is 11.6 Å². The Morgan fingerprint density at radius 1 is 1.50 bits per heavy atom. The maximum absolute atomic E-state index is 11.8. The summed E-state index contributed by atoms with van der Waals surface area (Å²) in [5, 5.41) is 9.09. The molecule has 1 rings (SSSR count). The predicted octanol–water partition coefficient (Wildman–Crippen LogP) is 2.60. The minimum Gasteiger partial charge on any atom is -0.503 e. The molecule has 0 unspecified atom stereocenters. The minimum atomic E-state index is -4.84. The standard InChI is InChI=1S/C7H5F3INO2/c1-3-2-4(13)6(12-5(3)11)14-7(8,9)10/h2,13H,1H3. The fourth-order valence-electron chi connectivity index (χ4n) is 0.746. The molecule has 0 radical (unpaired) electrons. The highest BCUT2D eigenvalue weighted by molar-refractivity contribution is 14.1. The van der Waals surface area contributed by atoms with Gasteiger partial charge >= 0.3 is 6.36 Å². The van der Waals surface area contributed by atoms with Crippen molar-refractivity contribution in [2.24, 2.45) is 0 Å². The highest BCUT2D eigenvalue weighted by Gasteiger charge is 2.33. The molecule has 0 saturated carbocycles. The number of hydrogen-bond donors (Lipinski definition) is 1. The van der Waals surface area contributed by atoms with Crippen molar-refractivity contribution in [3.63, 3.8) is 0 Å². The molecule has 0 bridgehead atoms. The second-order valence-electron chi connectivity index (χ2n) is 2.47. The van der Waals surface area contributed by atoms with Gasteiger partial charge in [0.15, 0.2) is 5.75 Å². The van der Waals surface area contributed by atoms with Crippen LogP contribution in [0.25, 0.3) is 0 Å². The van der Waals surface area contributed by atoms with Gasteiger partial charge in [-0.25, -0.2) is 4.98 Å².